The topological polar surface area (TPSA) is 69.6 Å². The molecule has 0 bridgehead atoms. The van der Waals surface area contributed by atoms with Crippen LogP contribution in [0.5, 0.6) is 0 Å². The Kier molecular flexibility index (Phi) is 4.96. The second kappa shape index (κ2) is 6.72. The summed E-state index contributed by atoms with van der Waals surface area (Å²) >= 11 is 0. The third kappa shape index (κ3) is 3.61. The summed E-state index contributed by atoms with van der Waals surface area (Å²) in [7, 11) is 0. The van der Waals surface area contributed by atoms with Crippen molar-refractivity contribution in [3.8, 4) is 0 Å². The molecule has 2 amide bonds. The third-order valence-corrected chi connectivity index (χ3v) is 3.72. The molecule has 1 heterocycles. The van der Waals surface area contributed by atoms with E-state index in [2.05, 4.69) is 5.32 Å². The van der Waals surface area contributed by atoms with Crippen LogP contribution in [0.2, 0.25) is 0 Å². The Labute approximate surface area is 125 Å². The lowest BCUT2D eigenvalue weighted by Crippen LogP contribution is -2.47. The molecule has 2 rings (SSSR count). The molecule has 1 aliphatic rings. The van der Waals surface area contributed by atoms with Crippen molar-refractivity contribution in [1.29, 1.82) is 0 Å². The van der Waals surface area contributed by atoms with E-state index in [0.717, 1.165) is 12.0 Å². The van der Waals surface area contributed by atoms with Crippen molar-refractivity contribution >= 4 is 17.5 Å². The maximum atomic E-state index is 12.5. The van der Waals surface area contributed by atoms with Crippen LogP contribution in [0.4, 0.5) is 5.69 Å². The van der Waals surface area contributed by atoms with Crippen LogP contribution in [0.3, 0.4) is 0 Å². The zero-order chi connectivity index (χ0) is 15.4. The molecule has 21 heavy (non-hydrogen) atoms. The number of amides is 2. The SMILES string of the molecule is CC(C)C(C(=O)Nc1cccc(CO)c1)N1CCCC1=O. The highest BCUT2D eigenvalue weighted by atomic mass is 16.3. The zero-order valence-electron chi connectivity index (χ0n) is 12.5. The minimum absolute atomic E-state index is 0.0490. The number of benzene rings is 1. The summed E-state index contributed by atoms with van der Waals surface area (Å²) in [5, 5.41) is 12.0. The van der Waals surface area contributed by atoms with Gasteiger partial charge in [0.05, 0.1) is 6.61 Å². The average molecular weight is 290 g/mol. The number of aliphatic hydroxyl groups is 1. The summed E-state index contributed by atoms with van der Waals surface area (Å²) in [6.45, 7) is 4.47. The van der Waals surface area contributed by atoms with Gasteiger partial charge in [-0.1, -0.05) is 26.0 Å². The maximum Gasteiger partial charge on any atom is 0.247 e. The highest BCUT2D eigenvalue weighted by Crippen LogP contribution is 2.21. The van der Waals surface area contributed by atoms with Gasteiger partial charge in [0.2, 0.25) is 11.8 Å². The molecule has 2 N–H and O–H groups in total. The van der Waals surface area contributed by atoms with Crippen molar-refractivity contribution in [1.82, 2.24) is 4.90 Å². The molecule has 1 fully saturated rings. The molecule has 1 saturated heterocycles. The first-order valence-corrected chi connectivity index (χ1v) is 7.33. The van der Waals surface area contributed by atoms with Crippen LogP contribution >= 0.6 is 0 Å². The van der Waals surface area contributed by atoms with E-state index in [1.807, 2.05) is 13.8 Å². The Balaban J connectivity index is 2.13. The first-order chi connectivity index (χ1) is 10.0. The average Bonchev–Trinajstić information content (AvgIpc) is 2.85. The van der Waals surface area contributed by atoms with Crippen LogP contribution in [0.25, 0.3) is 0 Å². The van der Waals surface area contributed by atoms with Gasteiger partial charge in [-0.25, -0.2) is 0 Å². The number of hydrogen-bond acceptors (Lipinski definition) is 3. The van der Waals surface area contributed by atoms with Gasteiger partial charge in [0.25, 0.3) is 0 Å². The second-order valence-electron chi connectivity index (χ2n) is 5.73. The largest absolute Gasteiger partial charge is 0.392 e. The summed E-state index contributed by atoms with van der Waals surface area (Å²) < 4.78 is 0. The van der Waals surface area contributed by atoms with E-state index in [0.29, 0.717) is 18.7 Å². The Morgan fingerprint density at radius 2 is 2.19 bits per heavy atom. The van der Waals surface area contributed by atoms with Gasteiger partial charge in [-0.3, -0.25) is 9.59 Å². The van der Waals surface area contributed by atoms with E-state index in [1.165, 1.54) is 0 Å². The van der Waals surface area contributed by atoms with Gasteiger partial charge in [-0.05, 0) is 30.0 Å². The van der Waals surface area contributed by atoms with Gasteiger partial charge in [0.1, 0.15) is 6.04 Å². The molecule has 0 radical (unpaired) electrons. The van der Waals surface area contributed by atoms with E-state index < -0.39 is 6.04 Å². The fraction of sp³-hybridized carbons (Fsp3) is 0.500. The standard InChI is InChI=1S/C16H22N2O3/c1-11(2)15(18-8-4-7-14(18)20)16(21)17-13-6-3-5-12(9-13)10-19/h3,5-6,9,11,15,19H,4,7-8,10H2,1-2H3,(H,17,21). The van der Waals surface area contributed by atoms with Crippen LogP contribution in [0.15, 0.2) is 24.3 Å². The summed E-state index contributed by atoms with van der Waals surface area (Å²) in [4.78, 5) is 26.1. The van der Waals surface area contributed by atoms with Crippen LogP contribution in [0, 0.1) is 5.92 Å². The van der Waals surface area contributed by atoms with Crippen molar-refractivity contribution in [3.05, 3.63) is 29.8 Å². The highest BCUT2D eigenvalue weighted by Gasteiger charge is 2.34. The first kappa shape index (κ1) is 15.5. The van der Waals surface area contributed by atoms with Crippen LogP contribution in [-0.4, -0.2) is 34.4 Å². The van der Waals surface area contributed by atoms with Gasteiger partial charge in [0, 0.05) is 18.7 Å². The second-order valence-corrected chi connectivity index (χ2v) is 5.73. The van der Waals surface area contributed by atoms with E-state index in [-0.39, 0.29) is 24.3 Å². The van der Waals surface area contributed by atoms with Gasteiger partial charge in [-0.15, -0.1) is 0 Å². The fourth-order valence-electron chi connectivity index (χ4n) is 2.73. The first-order valence-electron chi connectivity index (χ1n) is 7.33. The molecule has 0 spiro atoms. The lowest BCUT2D eigenvalue weighted by atomic mass is 10.0. The number of aliphatic hydroxyl groups excluding tert-OH is 1. The summed E-state index contributed by atoms with van der Waals surface area (Å²) in [6, 6.07) is 6.64. The lowest BCUT2D eigenvalue weighted by Gasteiger charge is -2.29. The van der Waals surface area contributed by atoms with Crippen molar-refractivity contribution in [2.75, 3.05) is 11.9 Å². The molecule has 1 unspecified atom stereocenters. The highest BCUT2D eigenvalue weighted by molar-refractivity contribution is 5.97. The normalized spacial score (nSPS) is 16.4. The number of hydrogen-bond donors (Lipinski definition) is 2. The molecule has 5 nitrogen and oxygen atoms in total. The van der Waals surface area contributed by atoms with Gasteiger partial charge in [0.15, 0.2) is 0 Å². The number of rotatable bonds is 5. The Morgan fingerprint density at radius 3 is 2.76 bits per heavy atom. The van der Waals surface area contributed by atoms with Crippen LogP contribution < -0.4 is 5.32 Å². The predicted octanol–water partition coefficient (Wildman–Crippen LogP) is 1.76. The van der Waals surface area contributed by atoms with Crippen molar-refractivity contribution in [3.63, 3.8) is 0 Å². The molecule has 1 aromatic carbocycles. The quantitative estimate of drug-likeness (QED) is 0.868. The molecule has 1 aliphatic heterocycles. The van der Waals surface area contributed by atoms with Crippen LogP contribution in [0.1, 0.15) is 32.3 Å². The lowest BCUT2D eigenvalue weighted by molar-refractivity contribution is -0.136. The van der Waals surface area contributed by atoms with E-state index in [1.54, 1.807) is 29.2 Å². The summed E-state index contributed by atoms with van der Waals surface area (Å²) in [5.41, 5.74) is 1.38. The van der Waals surface area contributed by atoms with Crippen molar-refractivity contribution < 1.29 is 14.7 Å². The Bertz CT molecular complexity index is 528. The van der Waals surface area contributed by atoms with Crippen molar-refractivity contribution in [2.24, 2.45) is 5.92 Å². The smallest absolute Gasteiger partial charge is 0.247 e. The molecule has 0 aromatic heterocycles. The molecule has 0 saturated carbocycles. The zero-order valence-corrected chi connectivity index (χ0v) is 12.5. The molecular weight excluding hydrogens is 268 g/mol. The number of nitrogens with zero attached hydrogens (tertiary/aromatic N) is 1. The third-order valence-electron chi connectivity index (χ3n) is 3.72. The van der Waals surface area contributed by atoms with Crippen molar-refractivity contribution in [2.45, 2.75) is 39.3 Å². The predicted molar refractivity (Wildman–Crippen MR) is 80.6 cm³/mol. The number of carbonyl (C=O) groups excluding carboxylic acids is 2. The minimum atomic E-state index is -0.446. The number of carbonyl (C=O) groups is 2. The molecule has 1 atom stereocenters. The molecule has 114 valence electrons. The minimum Gasteiger partial charge on any atom is -0.392 e. The van der Waals surface area contributed by atoms with Gasteiger partial charge < -0.3 is 15.3 Å². The summed E-state index contributed by atoms with van der Waals surface area (Å²) in [6.07, 6.45) is 1.34. The molecule has 1 aromatic rings. The van der Waals surface area contributed by atoms with Gasteiger partial charge >= 0.3 is 0 Å². The number of anilines is 1. The maximum absolute atomic E-state index is 12.5. The molecule has 0 aliphatic carbocycles. The van der Waals surface area contributed by atoms with E-state index >= 15 is 0 Å². The van der Waals surface area contributed by atoms with E-state index in [4.69, 9.17) is 5.11 Å². The van der Waals surface area contributed by atoms with Gasteiger partial charge in [-0.2, -0.15) is 0 Å². The van der Waals surface area contributed by atoms with E-state index in [9.17, 15) is 9.59 Å². The molecule has 5 heteroatoms. The summed E-state index contributed by atoms with van der Waals surface area (Å²) in [5.74, 6) is -0.0728. The van der Waals surface area contributed by atoms with Crippen LogP contribution in [-0.2, 0) is 16.2 Å². The Morgan fingerprint density at radius 1 is 1.43 bits per heavy atom. The monoisotopic (exact) mass is 290 g/mol. The number of nitrogens with one attached hydrogen (secondary N) is 1. The fourth-order valence-corrected chi connectivity index (χ4v) is 2.73. The Hall–Kier alpha value is -1.88. The number of likely N-dealkylation sites (tertiary alicyclic amines) is 1. The molecular formula is C16H22N2O3.